The number of aryl methyl sites for hydroxylation is 1. The van der Waals surface area contributed by atoms with Gasteiger partial charge in [-0.2, -0.15) is 5.10 Å². The highest BCUT2D eigenvalue weighted by Gasteiger charge is 2.22. The maximum atomic E-state index is 4.31. The summed E-state index contributed by atoms with van der Waals surface area (Å²) in [5.74, 6) is 0.681. The predicted molar refractivity (Wildman–Crippen MR) is 72.9 cm³/mol. The summed E-state index contributed by atoms with van der Waals surface area (Å²) in [6.45, 7) is 15.5. The first-order chi connectivity index (χ1) is 7.86. The molecule has 0 radical (unpaired) electrons. The van der Waals surface area contributed by atoms with Gasteiger partial charge in [0.05, 0.1) is 6.20 Å². The Morgan fingerprint density at radius 1 is 1.35 bits per heavy atom. The molecule has 98 valence electrons. The molecule has 1 aromatic rings. The second kappa shape index (κ2) is 5.67. The minimum atomic E-state index is 0.328. The molecule has 0 saturated heterocycles. The van der Waals surface area contributed by atoms with Crippen LogP contribution in [0.5, 0.6) is 0 Å². The highest BCUT2D eigenvalue weighted by Crippen LogP contribution is 2.25. The van der Waals surface area contributed by atoms with E-state index >= 15 is 0 Å². The monoisotopic (exact) mass is 237 g/mol. The van der Waals surface area contributed by atoms with Crippen molar-refractivity contribution in [2.75, 3.05) is 6.54 Å². The minimum absolute atomic E-state index is 0.328. The van der Waals surface area contributed by atoms with Gasteiger partial charge in [0, 0.05) is 30.9 Å². The lowest BCUT2D eigenvalue weighted by molar-refractivity contribution is 0.230. The fourth-order valence-electron chi connectivity index (χ4n) is 1.51. The number of nitrogens with zero attached hydrogens (tertiary/aromatic N) is 2. The Labute approximate surface area is 106 Å². The van der Waals surface area contributed by atoms with Crippen molar-refractivity contribution in [3.63, 3.8) is 0 Å². The van der Waals surface area contributed by atoms with Gasteiger partial charge in [-0.15, -0.1) is 0 Å². The second-order valence-corrected chi connectivity index (χ2v) is 5.88. The highest BCUT2D eigenvalue weighted by atomic mass is 15.3. The van der Waals surface area contributed by atoms with E-state index in [0.717, 1.165) is 13.1 Å². The first-order valence-corrected chi connectivity index (χ1v) is 6.62. The molecule has 0 aromatic carbocycles. The molecular weight excluding hydrogens is 210 g/mol. The third-order valence-electron chi connectivity index (χ3n) is 3.90. The molecule has 1 unspecified atom stereocenters. The van der Waals surface area contributed by atoms with Gasteiger partial charge in [-0.3, -0.25) is 4.68 Å². The second-order valence-electron chi connectivity index (χ2n) is 5.88. The molecule has 3 heteroatoms. The van der Waals surface area contributed by atoms with Gasteiger partial charge in [0.1, 0.15) is 0 Å². The topological polar surface area (TPSA) is 29.9 Å². The van der Waals surface area contributed by atoms with Crippen LogP contribution in [0.3, 0.4) is 0 Å². The predicted octanol–water partition coefficient (Wildman–Crippen LogP) is 3.24. The van der Waals surface area contributed by atoms with Gasteiger partial charge in [-0.05, 0) is 25.2 Å². The van der Waals surface area contributed by atoms with Crippen LogP contribution in [0.4, 0.5) is 0 Å². The number of hydrogen-bond donors (Lipinski definition) is 1. The molecule has 0 aliphatic rings. The maximum Gasteiger partial charge on any atom is 0.0537 e. The lowest BCUT2D eigenvalue weighted by Gasteiger charge is -2.31. The third kappa shape index (κ3) is 3.84. The molecule has 1 N–H and O–H groups in total. The normalized spacial score (nSPS) is 14.3. The largest absolute Gasteiger partial charge is 0.310 e. The molecule has 1 heterocycles. The first-order valence-electron chi connectivity index (χ1n) is 6.62. The summed E-state index contributed by atoms with van der Waals surface area (Å²) in [5.41, 5.74) is 1.60. The molecule has 0 aliphatic carbocycles. The summed E-state index contributed by atoms with van der Waals surface area (Å²) in [6, 6.07) is 0.369. The fourth-order valence-corrected chi connectivity index (χ4v) is 1.51. The number of nitrogens with one attached hydrogen (secondary N) is 1. The van der Waals surface area contributed by atoms with Crippen LogP contribution < -0.4 is 5.32 Å². The van der Waals surface area contributed by atoms with Gasteiger partial charge < -0.3 is 5.32 Å². The Kier molecular flexibility index (Phi) is 4.75. The summed E-state index contributed by atoms with van der Waals surface area (Å²) in [4.78, 5) is 0. The van der Waals surface area contributed by atoms with Crippen LogP contribution in [0, 0.1) is 11.3 Å². The van der Waals surface area contributed by atoms with Crippen LogP contribution in [0.15, 0.2) is 12.4 Å². The molecule has 3 nitrogen and oxygen atoms in total. The van der Waals surface area contributed by atoms with Crippen molar-refractivity contribution in [2.24, 2.45) is 11.3 Å². The molecule has 0 bridgehead atoms. The van der Waals surface area contributed by atoms with Crippen LogP contribution in [-0.2, 0) is 6.54 Å². The quantitative estimate of drug-likeness (QED) is 0.823. The lowest BCUT2D eigenvalue weighted by Crippen LogP contribution is -2.34. The van der Waals surface area contributed by atoms with E-state index in [1.54, 1.807) is 0 Å². The molecule has 0 spiro atoms. The van der Waals surface area contributed by atoms with Crippen molar-refractivity contribution < 1.29 is 0 Å². The average Bonchev–Trinajstić information content (AvgIpc) is 2.74. The van der Waals surface area contributed by atoms with Gasteiger partial charge in [-0.25, -0.2) is 0 Å². The summed E-state index contributed by atoms with van der Waals surface area (Å²) < 4.78 is 1.97. The van der Waals surface area contributed by atoms with Crippen LogP contribution in [0.1, 0.15) is 53.1 Å². The van der Waals surface area contributed by atoms with Crippen molar-refractivity contribution >= 4 is 0 Å². The van der Waals surface area contributed by atoms with Crippen molar-refractivity contribution in [1.29, 1.82) is 0 Å². The number of aromatic nitrogens is 2. The lowest BCUT2D eigenvalue weighted by atomic mass is 9.81. The van der Waals surface area contributed by atoms with E-state index in [1.165, 1.54) is 5.56 Å². The van der Waals surface area contributed by atoms with E-state index in [2.05, 4.69) is 58.2 Å². The summed E-state index contributed by atoms with van der Waals surface area (Å²) in [6.07, 6.45) is 4.09. The average molecular weight is 237 g/mol. The molecule has 1 atom stereocenters. The molecule has 1 aromatic heterocycles. The van der Waals surface area contributed by atoms with E-state index in [9.17, 15) is 0 Å². The zero-order chi connectivity index (χ0) is 13.1. The summed E-state index contributed by atoms with van der Waals surface area (Å²) >= 11 is 0. The standard InChI is InChI=1S/C14H27N3/c1-7-17-9-13(8-16-17)12(4)15-10-14(5,6)11(2)3/h8-9,11-12,15H,7,10H2,1-6H3. The molecule has 0 fully saturated rings. The van der Waals surface area contributed by atoms with Gasteiger partial charge in [-0.1, -0.05) is 27.7 Å². The van der Waals surface area contributed by atoms with E-state index in [4.69, 9.17) is 0 Å². The summed E-state index contributed by atoms with van der Waals surface area (Å²) in [5, 5.41) is 7.92. The van der Waals surface area contributed by atoms with Crippen molar-refractivity contribution in [3.05, 3.63) is 18.0 Å². The van der Waals surface area contributed by atoms with Gasteiger partial charge >= 0.3 is 0 Å². The highest BCUT2D eigenvalue weighted by molar-refractivity contribution is 5.09. The van der Waals surface area contributed by atoms with E-state index in [1.807, 2.05) is 10.9 Å². The van der Waals surface area contributed by atoms with E-state index in [0.29, 0.717) is 17.4 Å². The van der Waals surface area contributed by atoms with Crippen molar-refractivity contribution in [1.82, 2.24) is 15.1 Å². The summed E-state index contributed by atoms with van der Waals surface area (Å²) in [7, 11) is 0. The molecule has 0 aliphatic heterocycles. The maximum absolute atomic E-state index is 4.31. The fraction of sp³-hybridized carbons (Fsp3) is 0.786. The Morgan fingerprint density at radius 3 is 2.47 bits per heavy atom. The van der Waals surface area contributed by atoms with Crippen LogP contribution in [-0.4, -0.2) is 16.3 Å². The van der Waals surface area contributed by atoms with Gasteiger partial charge in [0.2, 0.25) is 0 Å². The number of rotatable bonds is 6. The van der Waals surface area contributed by atoms with Crippen molar-refractivity contribution in [3.8, 4) is 0 Å². The molecule has 1 rings (SSSR count). The van der Waals surface area contributed by atoms with Gasteiger partial charge in [0.15, 0.2) is 0 Å². The first kappa shape index (κ1) is 14.2. The zero-order valence-corrected chi connectivity index (χ0v) is 12.1. The van der Waals surface area contributed by atoms with Crippen LogP contribution in [0.25, 0.3) is 0 Å². The Bertz CT molecular complexity index is 339. The molecule has 0 saturated carbocycles. The van der Waals surface area contributed by atoms with Crippen LogP contribution >= 0.6 is 0 Å². The smallest absolute Gasteiger partial charge is 0.0537 e. The van der Waals surface area contributed by atoms with E-state index in [-0.39, 0.29) is 0 Å². The van der Waals surface area contributed by atoms with Crippen LogP contribution in [0.2, 0.25) is 0 Å². The SMILES string of the molecule is CCn1cc(C(C)NCC(C)(C)C(C)C)cn1. The minimum Gasteiger partial charge on any atom is -0.310 e. The molecule has 17 heavy (non-hydrogen) atoms. The van der Waals surface area contributed by atoms with E-state index < -0.39 is 0 Å². The Balaban J connectivity index is 2.52. The zero-order valence-electron chi connectivity index (χ0n) is 12.1. The number of hydrogen-bond acceptors (Lipinski definition) is 2. The molecular formula is C14H27N3. The molecule has 0 amide bonds. The van der Waals surface area contributed by atoms with Gasteiger partial charge in [0.25, 0.3) is 0 Å². The third-order valence-corrected chi connectivity index (χ3v) is 3.90. The Morgan fingerprint density at radius 2 is 2.00 bits per heavy atom. The Hall–Kier alpha value is -0.830. The van der Waals surface area contributed by atoms with Crippen molar-refractivity contribution in [2.45, 2.75) is 54.1 Å².